The van der Waals surface area contributed by atoms with Crippen LogP contribution in [0.2, 0.25) is 0 Å². The molecular formula is C57H114N2. The first kappa shape index (κ1) is 56.4. The molecule has 352 valence electrons. The van der Waals surface area contributed by atoms with Crippen molar-refractivity contribution in [3.8, 4) is 0 Å². The predicted molar refractivity (Wildman–Crippen MR) is 270 cm³/mol. The van der Waals surface area contributed by atoms with Gasteiger partial charge in [0.05, 0.1) is 0 Å². The van der Waals surface area contributed by atoms with Crippen molar-refractivity contribution in [2.45, 2.75) is 342 Å². The Morgan fingerprint density at radius 2 is 0.390 bits per heavy atom. The van der Waals surface area contributed by atoms with E-state index in [0.29, 0.717) is 6.17 Å². The summed E-state index contributed by atoms with van der Waals surface area (Å²) in [5, 5.41) is 0. The highest BCUT2D eigenvalue weighted by Crippen LogP contribution is 2.25. The third kappa shape index (κ3) is 39.9. The maximum Gasteiger partial charge on any atom is 0.101 e. The lowest BCUT2D eigenvalue weighted by atomic mass is 10.0. The minimum Gasteiger partial charge on any atom is -0.356 e. The van der Waals surface area contributed by atoms with Gasteiger partial charge in [-0.1, -0.05) is 310 Å². The minimum absolute atomic E-state index is 0.634. The van der Waals surface area contributed by atoms with E-state index < -0.39 is 0 Å². The lowest BCUT2D eigenvalue weighted by Crippen LogP contribution is -2.39. The molecule has 2 nitrogen and oxygen atoms in total. The van der Waals surface area contributed by atoms with Crippen LogP contribution in [0.5, 0.6) is 0 Å². The molecule has 1 unspecified atom stereocenters. The average molecular weight is 828 g/mol. The molecule has 0 aliphatic carbocycles. The van der Waals surface area contributed by atoms with Crippen LogP contribution in [-0.4, -0.2) is 29.1 Å². The van der Waals surface area contributed by atoms with Gasteiger partial charge in [0, 0.05) is 25.5 Å². The van der Waals surface area contributed by atoms with Crippen molar-refractivity contribution in [1.82, 2.24) is 9.80 Å². The molecule has 59 heavy (non-hydrogen) atoms. The summed E-state index contributed by atoms with van der Waals surface area (Å²) in [7, 11) is 0. The summed E-state index contributed by atoms with van der Waals surface area (Å²) in [6.45, 7) is 9.50. The van der Waals surface area contributed by atoms with E-state index in [-0.39, 0.29) is 0 Å². The fourth-order valence-corrected chi connectivity index (χ4v) is 9.90. The summed E-state index contributed by atoms with van der Waals surface area (Å²) in [6, 6.07) is 0. The molecule has 0 spiro atoms. The van der Waals surface area contributed by atoms with Crippen LogP contribution >= 0.6 is 0 Å². The van der Waals surface area contributed by atoms with E-state index >= 15 is 0 Å². The normalized spacial score (nSPS) is 14.1. The zero-order valence-corrected chi connectivity index (χ0v) is 41.7. The quantitative estimate of drug-likeness (QED) is 0.0564. The van der Waals surface area contributed by atoms with Crippen LogP contribution in [0, 0.1) is 0 Å². The molecule has 0 saturated heterocycles. The van der Waals surface area contributed by atoms with Gasteiger partial charge in [0.25, 0.3) is 0 Å². The first-order valence-corrected chi connectivity index (χ1v) is 28.5. The van der Waals surface area contributed by atoms with E-state index in [0.717, 1.165) is 0 Å². The van der Waals surface area contributed by atoms with E-state index in [1.165, 1.54) is 328 Å². The number of nitrogens with zero attached hydrogens (tertiary/aromatic N) is 2. The van der Waals surface area contributed by atoms with Crippen LogP contribution in [0.25, 0.3) is 0 Å². The Bertz CT molecular complexity index is 792. The summed E-state index contributed by atoms with van der Waals surface area (Å²) in [5.74, 6) is 0. The van der Waals surface area contributed by atoms with Crippen molar-refractivity contribution in [2.24, 2.45) is 0 Å². The number of hydrogen-bond donors (Lipinski definition) is 0. The smallest absolute Gasteiger partial charge is 0.101 e. The molecule has 1 aliphatic rings. The Kier molecular flexibility index (Phi) is 46.2. The van der Waals surface area contributed by atoms with Gasteiger partial charge in [-0.15, -0.1) is 0 Å². The zero-order valence-electron chi connectivity index (χ0n) is 41.7. The van der Waals surface area contributed by atoms with Gasteiger partial charge in [-0.2, -0.15) is 0 Å². The molecule has 0 amide bonds. The molecule has 0 saturated carbocycles. The summed E-state index contributed by atoms with van der Waals surface area (Å²) >= 11 is 0. The van der Waals surface area contributed by atoms with E-state index in [4.69, 9.17) is 0 Å². The Morgan fingerprint density at radius 3 is 0.593 bits per heavy atom. The van der Waals surface area contributed by atoms with E-state index in [9.17, 15) is 0 Å². The topological polar surface area (TPSA) is 6.48 Å². The fraction of sp³-hybridized carbons (Fsp3) is 0.965. The zero-order chi connectivity index (χ0) is 42.2. The van der Waals surface area contributed by atoms with Crippen molar-refractivity contribution in [1.29, 1.82) is 0 Å². The van der Waals surface area contributed by atoms with Gasteiger partial charge < -0.3 is 9.80 Å². The molecule has 1 atom stereocenters. The Morgan fingerprint density at radius 1 is 0.220 bits per heavy atom. The van der Waals surface area contributed by atoms with Gasteiger partial charge in [0.2, 0.25) is 0 Å². The molecule has 1 aliphatic heterocycles. The number of unbranched alkanes of at least 4 members (excludes halogenated alkanes) is 45. The van der Waals surface area contributed by atoms with Crippen molar-refractivity contribution in [2.75, 3.05) is 13.1 Å². The van der Waals surface area contributed by atoms with Crippen molar-refractivity contribution in [3.63, 3.8) is 0 Å². The summed E-state index contributed by atoms with van der Waals surface area (Å²) in [6.07, 6.45) is 76.8. The molecular weight excluding hydrogens is 713 g/mol. The average Bonchev–Trinajstić information content (AvgIpc) is 3.63. The van der Waals surface area contributed by atoms with E-state index in [1.54, 1.807) is 0 Å². The highest BCUT2D eigenvalue weighted by atomic mass is 15.4. The first-order chi connectivity index (χ1) is 29.3. The minimum atomic E-state index is 0.634. The monoisotopic (exact) mass is 827 g/mol. The predicted octanol–water partition coefficient (Wildman–Crippen LogP) is 20.6. The van der Waals surface area contributed by atoms with Crippen LogP contribution in [0.4, 0.5) is 0 Å². The van der Waals surface area contributed by atoms with Crippen LogP contribution in [0.1, 0.15) is 335 Å². The Balaban J connectivity index is 2.19. The van der Waals surface area contributed by atoms with Gasteiger partial charge in [-0.05, 0) is 25.7 Å². The van der Waals surface area contributed by atoms with Crippen molar-refractivity contribution < 1.29 is 0 Å². The Hall–Kier alpha value is -0.660. The summed E-state index contributed by atoms with van der Waals surface area (Å²) in [4.78, 5) is 5.50. The molecule has 0 fully saturated rings. The molecule has 1 heterocycles. The summed E-state index contributed by atoms with van der Waals surface area (Å²) in [5.41, 5.74) is 0. The van der Waals surface area contributed by atoms with Gasteiger partial charge in [-0.25, -0.2) is 0 Å². The molecule has 0 aromatic heterocycles. The standard InChI is InChI=1S/C57H114N2/c1-4-7-10-13-16-19-22-25-28-30-33-36-39-42-45-48-51-54-59-56-55-58(53-50-47-44-41-38-35-32-27-24-21-18-15-12-9-6-3)57(59)52-49-46-43-40-37-34-31-29-26-23-20-17-14-11-8-5-2/h55-57H,4-54H2,1-3H3. The molecule has 0 N–H and O–H groups in total. The van der Waals surface area contributed by atoms with Crippen molar-refractivity contribution in [3.05, 3.63) is 12.4 Å². The first-order valence-electron chi connectivity index (χ1n) is 28.5. The van der Waals surface area contributed by atoms with Crippen LogP contribution in [0.15, 0.2) is 12.4 Å². The molecule has 2 heteroatoms. The Labute approximate surface area is 375 Å². The molecule has 0 radical (unpaired) electrons. The number of rotatable bonds is 51. The van der Waals surface area contributed by atoms with Crippen LogP contribution in [-0.2, 0) is 0 Å². The molecule has 0 bridgehead atoms. The van der Waals surface area contributed by atoms with Gasteiger partial charge in [-0.3, -0.25) is 0 Å². The molecule has 0 aromatic rings. The van der Waals surface area contributed by atoms with Crippen LogP contribution in [0.3, 0.4) is 0 Å². The van der Waals surface area contributed by atoms with E-state index in [2.05, 4.69) is 43.0 Å². The number of hydrogen-bond acceptors (Lipinski definition) is 2. The van der Waals surface area contributed by atoms with Gasteiger partial charge in [0.15, 0.2) is 0 Å². The highest BCUT2D eigenvalue weighted by molar-refractivity contribution is 4.97. The lowest BCUT2D eigenvalue weighted by Gasteiger charge is -2.33. The van der Waals surface area contributed by atoms with Gasteiger partial charge >= 0.3 is 0 Å². The van der Waals surface area contributed by atoms with Gasteiger partial charge in [0.1, 0.15) is 6.17 Å². The van der Waals surface area contributed by atoms with E-state index in [1.807, 2.05) is 0 Å². The molecule has 1 rings (SSSR count). The lowest BCUT2D eigenvalue weighted by molar-refractivity contribution is 0.135. The third-order valence-corrected chi connectivity index (χ3v) is 14.1. The maximum absolute atomic E-state index is 2.75. The second-order valence-corrected chi connectivity index (χ2v) is 20.0. The van der Waals surface area contributed by atoms with Crippen molar-refractivity contribution >= 4 is 0 Å². The fourth-order valence-electron chi connectivity index (χ4n) is 9.90. The SMILES string of the molecule is CCCCCCCCCCCCCCCCCCCN1C=CN(CCCCCCCCCCCCCCCCC)C1CCCCCCCCCCCCCCCCCC. The second kappa shape index (κ2) is 48.4. The van der Waals surface area contributed by atoms with Crippen LogP contribution < -0.4 is 0 Å². The highest BCUT2D eigenvalue weighted by Gasteiger charge is 2.25. The summed E-state index contributed by atoms with van der Waals surface area (Å²) < 4.78 is 0. The maximum atomic E-state index is 2.75. The largest absolute Gasteiger partial charge is 0.356 e. The molecule has 0 aromatic carbocycles. The third-order valence-electron chi connectivity index (χ3n) is 14.1. The second-order valence-electron chi connectivity index (χ2n) is 20.0.